The molecule has 0 bridgehead atoms. The van der Waals surface area contributed by atoms with Gasteiger partial charge in [0, 0.05) is 32.2 Å². The SMILES string of the molecule is CC/C=C\C/C=C\C/C=C\C/C=C\C[C@@H](O)[C@H](O)CCCC(=O)O[C@H](COC(=O)CCCCCCCCCCc1oc(CCCCC)c(C)c1C)COP(=O)(O)OCCN. The first kappa shape index (κ1) is 55.2. The van der Waals surface area contributed by atoms with Crippen LogP contribution in [0.5, 0.6) is 0 Å². The first-order valence-corrected chi connectivity index (χ1v) is 24.1. The molecule has 0 fully saturated rings. The summed E-state index contributed by atoms with van der Waals surface area (Å²) in [6.07, 6.45) is 31.4. The minimum atomic E-state index is -4.48. The van der Waals surface area contributed by atoms with Gasteiger partial charge in [-0.05, 0) is 89.2 Å². The third-order valence-corrected chi connectivity index (χ3v) is 11.1. The lowest BCUT2D eigenvalue weighted by atomic mass is 10.0. The van der Waals surface area contributed by atoms with E-state index in [1.54, 1.807) is 0 Å². The zero-order valence-corrected chi connectivity index (χ0v) is 38.3. The average Bonchev–Trinajstić information content (AvgIpc) is 3.49. The minimum Gasteiger partial charge on any atom is -0.466 e. The van der Waals surface area contributed by atoms with Crippen LogP contribution in [0.3, 0.4) is 0 Å². The molecule has 12 nitrogen and oxygen atoms in total. The maximum absolute atomic E-state index is 12.7. The zero-order valence-electron chi connectivity index (χ0n) is 37.4. The highest BCUT2D eigenvalue weighted by Gasteiger charge is 2.26. The molecule has 1 heterocycles. The van der Waals surface area contributed by atoms with Crippen LogP contribution in [-0.4, -0.2) is 71.7 Å². The van der Waals surface area contributed by atoms with Gasteiger partial charge in [0.25, 0.3) is 0 Å². The van der Waals surface area contributed by atoms with E-state index in [2.05, 4.69) is 58.1 Å². The molecule has 0 saturated heterocycles. The first-order chi connectivity index (χ1) is 28.9. The van der Waals surface area contributed by atoms with Crippen molar-refractivity contribution >= 4 is 19.8 Å². The fourth-order valence-electron chi connectivity index (χ4n) is 6.37. The Balaban J connectivity index is 2.36. The fourth-order valence-corrected chi connectivity index (χ4v) is 7.14. The number of rotatable bonds is 38. The first-order valence-electron chi connectivity index (χ1n) is 22.6. The van der Waals surface area contributed by atoms with Gasteiger partial charge < -0.3 is 34.7 Å². The van der Waals surface area contributed by atoms with Gasteiger partial charge in [-0.2, -0.15) is 0 Å². The van der Waals surface area contributed by atoms with Crippen LogP contribution in [0.2, 0.25) is 0 Å². The molecule has 4 atom stereocenters. The van der Waals surface area contributed by atoms with Crippen LogP contribution in [-0.2, 0) is 45.5 Å². The van der Waals surface area contributed by atoms with Gasteiger partial charge in [0.1, 0.15) is 18.1 Å². The summed E-state index contributed by atoms with van der Waals surface area (Å²) in [7, 11) is -4.48. The Morgan fingerprint density at radius 3 is 1.80 bits per heavy atom. The van der Waals surface area contributed by atoms with Crippen LogP contribution < -0.4 is 5.73 Å². The Morgan fingerprint density at radius 2 is 1.22 bits per heavy atom. The lowest BCUT2D eigenvalue weighted by molar-refractivity contribution is -0.161. The molecule has 0 aliphatic carbocycles. The summed E-state index contributed by atoms with van der Waals surface area (Å²) in [6, 6.07) is 0. The fraction of sp³-hybridized carbons (Fsp3) is 0.702. The summed E-state index contributed by atoms with van der Waals surface area (Å²) >= 11 is 0. The maximum atomic E-state index is 12.7. The number of hydrogen-bond acceptors (Lipinski definition) is 11. The van der Waals surface area contributed by atoms with E-state index in [4.69, 9.17) is 28.7 Å². The molecule has 60 heavy (non-hydrogen) atoms. The largest absolute Gasteiger partial charge is 0.472 e. The van der Waals surface area contributed by atoms with Gasteiger partial charge in [-0.25, -0.2) is 4.57 Å². The highest BCUT2D eigenvalue weighted by molar-refractivity contribution is 7.47. The molecule has 5 N–H and O–H groups in total. The van der Waals surface area contributed by atoms with Gasteiger partial charge in [-0.15, -0.1) is 0 Å². The normalized spacial score (nSPS) is 14.7. The van der Waals surface area contributed by atoms with Gasteiger partial charge in [-0.1, -0.05) is 114 Å². The maximum Gasteiger partial charge on any atom is 0.472 e. The zero-order chi connectivity index (χ0) is 44.3. The van der Waals surface area contributed by atoms with Crippen molar-refractivity contribution in [2.45, 2.75) is 187 Å². The number of phosphoric acid groups is 1. The molecule has 0 spiro atoms. The quantitative estimate of drug-likeness (QED) is 0.0213. The summed E-state index contributed by atoms with van der Waals surface area (Å²) < 4.78 is 38.9. The van der Waals surface area contributed by atoms with Crippen molar-refractivity contribution in [3.63, 3.8) is 0 Å². The predicted molar refractivity (Wildman–Crippen MR) is 239 cm³/mol. The number of hydrogen-bond donors (Lipinski definition) is 4. The monoisotopic (exact) mass is 866 g/mol. The van der Waals surface area contributed by atoms with E-state index in [-0.39, 0.29) is 51.9 Å². The summed E-state index contributed by atoms with van der Waals surface area (Å²) in [5.74, 6) is 1.16. The second-order valence-electron chi connectivity index (χ2n) is 15.4. The highest BCUT2D eigenvalue weighted by Crippen LogP contribution is 2.43. The molecule has 1 aromatic heterocycles. The third kappa shape index (κ3) is 28.7. The Kier molecular flexibility index (Phi) is 32.9. The summed E-state index contributed by atoms with van der Waals surface area (Å²) in [5, 5.41) is 20.7. The van der Waals surface area contributed by atoms with Crippen molar-refractivity contribution in [3.8, 4) is 0 Å². The van der Waals surface area contributed by atoms with Crippen LogP contribution in [0, 0.1) is 13.8 Å². The van der Waals surface area contributed by atoms with Gasteiger partial charge in [-0.3, -0.25) is 18.6 Å². The Labute approximate surface area is 361 Å². The van der Waals surface area contributed by atoms with E-state index >= 15 is 0 Å². The van der Waals surface area contributed by atoms with Crippen molar-refractivity contribution in [2.75, 3.05) is 26.4 Å². The molecular weight excluding hydrogens is 785 g/mol. The molecule has 13 heteroatoms. The number of nitrogens with two attached hydrogens (primary N) is 1. The second kappa shape index (κ2) is 35.7. The number of aliphatic hydroxyl groups is 2. The van der Waals surface area contributed by atoms with Crippen LogP contribution >= 0.6 is 7.82 Å². The molecular formula is C47H80NO11P. The van der Waals surface area contributed by atoms with E-state index < -0.39 is 44.7 Å². The van der Waals surface area contributed by atoms with Crippen LogP contribution in [0.4, 0.5) is 0 Å². The number of ether oxygens (including phenoxy) is 2. The number of carbonyl (C=O) groups is 2. The number of esters is 2. The number of furan rings is 1. The van der Waals surface area contributed by atoms with Crippen molar-refractivity contribution in [1.29, 1.82) is 0 Å². The molecule has 344 valence electrons. The van der Waals surface area contributed by atoms with E-state index in [9.17, 15) is 29.3 Å². The van der Waals surface area contributed by atoms with Gasteiger partial charge >= 0.3 is 19.8 Å². The molecule has 0 aromatic carbocycles. The van der Waals surface area contributed by atoms with E-state index in [0.717, 1.165) is 88.6 Å². The number of aliphatic hydroxyl groups excluding tert-OH is 2. The van der Waals surface area contributed by atoms with Crippen LogP contribution in [0.15, 0.2) is 53.0 Å². The minimum absolute atomic E-state index is 0.0000704. The predicted octanol–water partition coefficient (Wildman–Crippen LogP) is 10.3. The van der Waals surface area contributed by atoms with Crippen molar-refractivity contribution in [1.82, 2.24) is 0 Å². The number of unbranched alkanes of at least 4 members (excludes halogenated alkanes) is 9. The lowest BCUT2D eigenvalue weighted by Gasteiger charge is -2.20. The number of carbonyl (C=O) groups excluding carboxylic acids is 2. The molecule has 0 radical (unpaired) electrons. The molecule has 1 aromatic rings. The molecule has 1 unspecified atom stereocenters. The molecule has 1 rings (SSSR count). The number of allylic oxidation sites excluding steroid dienone is 7. The average molecular weight is 866 g/mol. The number of phosphoric ester groups is 1. The summed E-state index contributed by atoms with van der Waals surface area (Å²) in [6.45, 7) is 7.55. The molecule has 0 saturated carbocycles. The lowest BCUT2D eigenvalue weighted by Crippen LogP contribution is -2.30. The van der Waals surface area contributed by atoms with Gasteiger partial charge in [0.15, 0.2) is 6.10 Å². The molecule has 0 amide bonds. The molecule has 0 aliphatic heterocycles. The Morgan fingerprint density at radius 1 is 0.683 bits per heavy atom. The summed E-state index contributed by atoms with van der Waals surface area (Å²) in [4.78, 5) is 35.1. The number of aryl methyl sites for hydroxylation is 2. The van der Waals surface area contributed by atoms with Crippen molar-refractivity contribution < 1.29 is 52.2 Å². The van der Waals surface area contributed by atoms with Crippen molar-refractivity contribution in [3.05, 3.63) is 71.3 Å². The summed E-state index contributed by atoms with van der Waals surface area (Å²) in [5.41, 5.74) is 7.96. The van der Waals surface area contributed by atoms with E-state index in [0.29, 0.717) is 6.42 Å². The topological polar surface area (TPSA) is 188 Å². The third-order valence-electron chi connectivity index (χ3n) is 10.1. The van der Waals surface area contributed by atoms with Crippen LogP contribution in [0.25, 0.3) is 0 Å². The molecule has 0 aliphatic rings. The Hall–Kier alpha value is -2.83. The highest BCUT2D eigenvalue weighted by atomic mass is 31.2. The standard InChI is InChI=1S/C47H80NO11P/c1-5-7-9-10-11-12-13-14-15-18-21-25-29-42(49)43(50)30-28-34-47(52)58-41(38-57-60(53,54)56-36-35-48)37-55-46(51)33-27-23-20-17-16-19-22-26-32-45-40(4)39(3)44(59-45)31-24-8-6-2/h7,9,11-12,14-15,21,25,41-43,49-50H,5-6,8,10,13,16-20,22-24,26-38,48H2,1-4H3,(H,53,54)/b9-7-,12-11-,15-14-,25-21-/t41-,42-,43-/m1/s1. The van der Waals surface area contributed by atoms with E-state index in [1.807, 2.05) is 18.2 Å². The van der Waals surface area contributed by atoms with Crippen molar-refractivity contribution in [2.24, 2.45) is 5.73 Å². The smallest absolute Gasteiger partial charge is 0.466 e. The van der Waals surface area contributed by atoms with Crippen LogP contribution in [0.1, 0.15) is 165 Å². The second-order valence-corrected chi connectivity index (χ2v) is 16.9. The van der Waals surface area contributed by atoms with Gasteiger partial charge in [0.2, 0.25) is 0 Å². The van der Waals surface area contributed by atoms with Gasteiger partial charge in [0.05, 0.1) is 25.4 Å². The Bertz CT molecular complexity index is 1440. The van der Waals surface area contributed by atoms with E-state index in [1.165, 1.54) is 36.8 Å².